The Hall–Kier alpha value is -1.45. The first-order valence-corrected chi connectivity index (χ1v) is 7.05. The standard InChI is InChI=1S/C15H23FN2O/c1-3-10-6-4-5-7-13(10)18-14-9-15(19-2)12(17)8-11(14)16/h8-10,13,18H,3-7,17H2,1-2H3. The molecule has 0 aromatic heterocycles. The van der Waals surface area contributed by atoms with E-state index < -0.39 is 0 Å². The number of nitrogen functional groups attached to an aromatic ring is 1. The predicted octanol–water partition coefficient (Wildman–Crippen LogP) is 3.80. The SMILES string of the molecule is CCC1CCCCC1Nc1cc(OC)c(N)cc1F. The van der Waals surface area contributed by atoms with Crippen molar-refractivity contribution in [2.24, 2.45) is 5.92 Å². The van der Waals surface area contributed by atoms with Crippen LogP contribution in [0.2, 0.25) is 0 Å². The number of nitrogens with one attached hydrogen (secondary N) is 1. The molecule has 0 saturated heterocycles. The number of benzene rings is 1. The Morgan fingerprint density at radius 1 is 1.37 bits per heavy atom. The Bertz CT molecular complexity index is 436. The molecular formula is C15H23FN2O. The summed E-state index contributed by atoms with van der Waals surface area (Å²) in [6, 6.07) is 3.33. The van der Waals surface area contributed by atoms with E-state index in [1.54, 1.807) is 13.2 Å². The van der Waals surface area contributed by atoms with Gasteiger partial charge < -0.3 is 15.8 Å². The zero-order valence-corrected chi connectivity index (χ0v) is 11.7. The van der Waals surface area contributed by atoms with Gasteiger partial charge in [0.2, 0.25) is 0 Å². The molecule has 1 fully saturated rings. The molecule has 19 heavy (non-hydrogen) atoms. The average molecular weight is 266 g/mol. The Balaban J connectivity index is 2.17. The van der Waals surface area contributed by atoms with Crippen molar-refractivity contribution in [2.75, 3.05) is 18.2 Å². The minimum atomic E-state index is -0.307. The van der Waals surface area contributed by atoms with Gasteiger partial charge in [0.15, 0.2) is 0 Å². The lowest BCUT2D eigenvalue weighted by Crippen LogP contribution is -2.32. The fourth-order valence-corrected chi connectivity index (χ4v) is 2.94. The smallest absolute Gasteiger partial charge is 0.148 e. The third-order valence-corrected chi connectivity index (χ3v) is 4.09. The van der Waals surface area contributed by atoms with Gasteiger partial charge in [-0.25, -0.2) is 4.39 Å². The molecule has 0 bridgehead atoms. The normalized spacial score (nSPS) is 23.1. The van der Waals surface area contributed by atoms with Gasteiger partial charge >= 0.3 is 0 Å². The first kappa shape index (κ1) is 14.0. The van der Waals surface area contributed by atoms with E-state index in [0.717, 1.165) is 12.8 Å². The summed E-state index contributed by atoms with van der Waals surface area (Å²) in [5.74, 6) is 0.836. The third-order valence-electron chi connectivity index (χ3n) is 4.09. The van der Waals surface area contributed by atoms with E-state index >= 15 is 0 Å². The van der Waals surface area contributed by atoms with Gasteiger partial charge in [0, 0.05) is 18.2 Å². The van der Waals surface area contributed by atoms with Crippen LogP contribution in [0.4, 0.5) is 15.8 Å². The van der Waals surface area contributed by atoms with Crippen molar-refractivity contribution >= 4 is 11.4 Å². The van der Waals surface area contributed by atoms with E-state index in [1.165, 1.54) is 25.3 Å². The zero-order chi connectivity index (χ0) is 13.8. The van der Waals surface area contributed by atoms with Crippen molar-refractivity contribution < 1.29 is 9.13 Å². The Morgan fingerprint density at radius 2 is 2.11 bits per heavy atom. The molecule has 3 nitrogen and oxygen atoms in total. The molecule has 4 heteroatoms. The number of hydrogen-bond acceptors (Lipinski definition) is 3. The van der Waals surface area contributed by atoms with Crippen molar-refractivity contribution in [2.45, 2.75) is 45.1 Å². The van der Waals surface area contributed by atoms with Gasteiger partial charge in [0.05, 0.1) is 18.5 Å². The van der Waals surface area contributed by atoms with E-state index in [4.69, 9.17) is 10.5 Å². The highest BCUT2D eigenvalue weighted by Crippen LogP contribution is 2.33. The van der Waals surface area contributed by atoms with Gasteiger partial charge in [0.1, 0.15) is 11.6 Å². The van der Waals surface area contributed by atoms with Crippen LogP contribution >= 0.6 is 0 Å². The van der Waals surface area contributed by atoms with Crippen molar-refractivity contribution in [3.8, 4) is 5.75 Å². The second kappa shape index (κ2) is 6.13. The Morgan fingerprint density at radius 3 is 2.79 bits per heavy atom. The number of anilines is 2. The van der Waals surface area contributed by atoms with Crippen LogP contribution < -0.4 is 15.8 Å². The molecule has 2 unspecified atom stereocenters. The number of halogens is 1. The number of hydrogen-bond donors (Lipinski definition) is 2. The van der Waals surface area contributed by atoms with Crippen LogP contribution in [0, 0.1) is 11.7 Å². The molecule has 0 aliphatic heterocycles. The summed E-state index contributed by atoms with van der Waals surface area (Å²) in [5.41, 5.74) is 6.53. The number of methoxy groups -OCH3 is 1. The van der Waals surface area contributed by atoms with E-state index in [2.05, 4.69) is 12.2 Å². The van der Waals surface area contributed by atoms with Gasteiger partial charge in [-0.2, -0.15) is 0 Å². The van der Waals surface area contributed by atoms with E-state index in [0.29, 0.717) is 29.1 Å². The number of ether oxygens (including phenoxy) is 1. The van der Waals surface area contributed by atoms with E-state index in [9.17, 15) is 4.39 Å². The van der Waals surface area contributed by atoms with Crippen molar-refractivity contribution in [3.05, 3.63) is 17.9 Å². The third kappa shape index (κ3) is 3.11. The maximum absolute atomic E-state index is 14.0. The first-order chi connectivity index (χ1) is 9.15. The molecule has 3 N–H and O–H groups in total. The first-order valence-electron chi connectivity index (χ1n) is 7.05. The molecule has 0 heterocycles. The fraction of sp³-hybridized carbons (Fsp3) is 0.600. The monoisotopic (exact) mass is 266 g/mol. The molecule has 0 spiro atoms. The van der Waals surface area contributed by atoms with Crippen LogP contribution in [0.15, 0.2) is 12.1 Å². The second-order valence-electron chi connectivity index (χ2n) is 5.28. The van der Waals surface area contributed by atoms with E-state index in [1.807, 2.05) is 0 Å². The molecule has 0 radical (unpaired) electrons. The highest BCUT2D eigenvalue weighted by atomic mass is 19.1. The van der Waals surface area contributed by atoms with Crippen LogP contribution in [0.5, 0.6) is 5.75 Å². The number of rotatable bonds is 4. The van der Waals surface area contributed by atoms with Crippen LogP contribution in [0.25, 0.3) is 0 Å². The summed E-state index contributed by atoms with van der Waals surface area (Å²) in [6.07, 6.45) is 5.95. The maximum Gasteiger partial charge on any atom is 0.148 e. The number of nitrogens with two attached hydrogens (primary N) is 1. The summed E-state index contributed by atoms with van der Waals surface area (Å²) in [5, 5.41) is 3.34. The summed E-state index contributed by atoms with van der Waals surface area (Å²) >= 11 is 0. The average Bonchev–Trinajstić information content (AvgIpc) is 2.42. The lowest BCUT2D eigenvalue weighted by atomic mass is 9.83. The molecule has 2 rings (SSSR count). The Kier molecular flexibility index (Phi) is 4.51. The molecule has 2 atom stereocenters. The lowest BCUT2D eigenvalue weighted by Gasteiger charge is -2.32. The van der Waals surface area contributed by atoms with Gasteiger partial charge in [-0.05, 0) is 18.8 Å². The molecule has 1 aliphatic rings. The van der Waals surface area contributed by atoms with Crippen molar-refractivity contribution in [3.63, 3.8) is 0 Å². The summed E-state index contributed by atoms with van der Waals surface area (Å²) < 4.78 is 19.1. The van der Waals surface area contributed by atoms with Crippen LogP contribution in [0.1, 0.15) is 39.0 Å². The minimum Gasteiger partial charge on any atom is -0.495 e. The zero-order valence-electron chi connectivity index (χ0n) is 11.7. The van der Waals surface area contributed by atoms with E-state index in [-0.39, 0.29) is 5.82 Å². The predicted molar refractivity (Wildman–Crippen MR) is 77.0 cm³/mol. The Labute approximate surface area is 114 Å². The fourth-order valence-electron chi connectivity index (χ4n) is 2.94. The molecule has 1 aromatic rings. The van der Waals surface area contributed by atoms with Gasteiger partial charge in [-0.15, -0.1) is 0 Å². The molecule has 0 amide bonds. The molecular weight excluding hydrogens is 243 g/mol. The summed E-state index contributed by atoms with van der Waals surface area (Å²) in [7, 11) is 1.54. The van der Waals surface area contributed by atoms with Gasteiger partial charge in [-0.3, -0.25) is 0 Å². The molecule has 1 aliphatic carbocycles. The quantitative estimate of drug-likeness (QED) is 0.815. The lowest BCUT2D eigenvalue weighted by molar-refractivity contribution is 0.316. The maximum atomic E-state index is 14.0. The highest BCUT2D eigenvalue weighted by Gasteiger charge is 2.24. The highest BCUT2D eigenvalue weighted by molar-refractivity contribution is 5.62. The minimum absolute atomic E-state index is 0.307. The topological polar surface area (TPSA) is 47.3 Å². The van der Waals surface area contributed by atoms with Crippen LogP contribution in [-0.2, 0) is 0 Å². The van der Waals surface area contributed by atoms with Gasteiger partial charge in [0.25, 0.3) is 0 Å². The van der Waals surface area contributed by atoms with Crippen LogP contribution in [-0.4, -0.2) is 13.2 Å². The summed E-state index contributed by atoms with van der Waals surface area (Å²) in [4.78, 5) is 0. The second-order valence-corrected chi connectivity index (χ2v) is 5.28. The van der Waals surface area contributed by atoms with Crippen molar-refractivity contribution in [1.82, 2.24) is 0 Å². The molecule has 1 aromatic carbocycles. The largest absolute Gasteiger partial charge is 0.495 e. The van der Waals surface area contributed by atoms with Crippen molar-refractivity contribution in [1.29, 1.82) is 0 Å². The molecule has 106 valence electrons. The summed E-state index contributed by atoms with van der Waals surface area (Å²) in [6.45, 7) is 2.20. The molecule has 1 saturated carbocycles. The van der Waals surface area contributed by atoms with Crippen LogP contribution in [0.3, 0.4) is 0 Å². The van der Waals surface area contributed by atoms with Gasteiger partial charge in [-0.1, -0.05) is 26.2 Å².